The van der Waals surface area contributed by atoms with Gasteiger partial charge in [0.2, 0.25) is 5.88 Å². The predicted molar refractivity (Wildman–Crippen MR) is 49.9 cm³/mol. The number of methoxy groups -OCH3 is 1. The summed E-state index contributed by atoms with van der Waals surface area (Å²) >= 11 is 4.29. The summed E-state index contributed by atoms with van der Waals surface area (Å²) in [5.74, 6) is 1.21. The van der Waals surface area contributed by atoms with Gasteiger partial charge in [-0.3, -0.25) is 0 Å². The van der Waals surface area contributed by atoms with E-state index in [9.17, 15) is 0 Å². The average molecular weight is 171 g/mol. The van der Waals surface area contributed by atoms with Gasteiger partial charge in [0, 0.05) is 11.1 Å². The molecular formula is C8H13NOS. The maximum Gasteiger partial charge on any atom is 0.222 e. The van der Waals surface area contributed by atoms with Gasteiger partial charge in [0.05, 0.1) is 7.11 Å². The van der Waals surface area contributed by atoms with Crippen molar-refractivity contribution < 1.29 is 4.74 Å². The van der Waals surface area contributed by atoms with E-state index in [2.05, 4.69) is 24.5 Å². The number of hydrogen-bond acceptors (Lipinski definition) is 3. The third-order valence-electron chi connectivity index (χ3n) is 1.82. The molecule has 0 aliphatic carbocycles. The number of hydrogen-bond donors (Lipinski definition) is 1. The summed E-state index contributed by atoms with van der Waals surface area (Å²) in [4.78, 5) is 5.10. The van der Waals surface area contributed by atoms with Crippen molar-refractivity contribution in [3.63, 3.8) is 0 Å². The molecular weight excluding hydrogens is 158 g/mol. The minimum absolute atomic E-state index is 0.543. The Labute approximate surface area is 72.8 Å². The molecule has 1 aliphatic rings. The first-order valence-electron chi connectivity index (χ1n) is 3.78. The van der Waals surface area contributed by atoms with Crippen LogP contribution in [0, 0.1) is 5.92 Å². The molecule has 1 rings (SSSR count). The molecule has 1 heterocycles. The minimum Gasteiger partial charge on any atom is -0.480 e. The van der Waals surface area contributed by atoms with Gasteiger partial charge in [0.1, 0.15) is 0 Å². The van der Waals surface area contributed by atoms with Crippen LogP contribution in [0.15, 0.2) is 15.8 Å². The molecule has 0 aromatic rings. The van der Waals surface area contributed by atoms with Crippen LogP contribution in [0.5, 0.6) is 0 Å². The number of allylic oxidation sites excluding steroid dienone is 1. The highest BCUT2D eigenvalue weighted by Gasteiger charge is 2.13. The third-order valence-corrected chi connectivity index (χ3v) is 2.20. The van der Waals surface area contributed by atoms with Crippen molar-refractivity contribution >= 4 is 18.8 Å². The summed E-state index contributed by atoms with van der Waals surface area (Å²) in [6.45, 7) is 2.15. The molecule has 0 aromatic carbocycles. The van der Waals surface area contributed by atoms with Gasteiger partial charge in [-0.15, -0.1) is 12.6 Å². The zero-order valence-corrected chi connectivity index (χ0v) is 7.77. The molecule has 0 bridgehead atoms. The molecule has 0 spiro atoms. The molecule has 0 aromatic heterocycles. The molecule has 0 N–H and O–H groups in total. The Morgan fingerprint density at radius 3 is 3.00 bits per heavy atom. The Balaban J connectivity index is 2.66. The van der Waals surface area contributed by atoms with Gasteiger partial charge in [0.25, 0.3) is 0 Å². The van der Waals surface area contributed by atoms with Gasteiger partial charge in [-0.05, 0) is 18.8 Å². The van der Waals surface area contributed by atoms with E-state index in [1.165, 1.54) is 0 Å². The van der Waals surface area contributed by atoms with Gasteiger partial charge < -0.3 is 4.74 Å². The fourth-order valence-electron chi connectivity index (χ4n) is 1.06. The van der Waals surface area contributed by atoms with Gasteiger partial charge in [0.15, 0.2) is 0 Å². The van der Waals surface area contributed by atoms with Crippen molar-refractivity contribution in [3.8, 4) is 0 Å². The first-order valence-corrected chi connectivity index (χ1v) is 4.23. The largest absolute Gasteiger partial charge is 0.480 e. The van der Waals surface area contributed by atoms with Crippen molar-refractivity contribution in [2.45, 2.75) is 19.8 Å². The van der Waals surface area contributed by atoms with E-state index >= 15 is 0 Å². The summed E-state index contributed by atoms with van der Waals surface area (Å²) in [5.41, 5.74) is 0. The lowest BCUT2D eigenvalue weighted by atomic mass is 10.0. The second-order valence-electron chi connectivity index (χ2n) is 2.61. The van der Waals surface area contributed by atoms with Crippen LogP contribution in [0.2, 0.25) is 0 Å². The lowest BCUT2D eigenvalue weighted by Gasteiger charge is -2.15. The fraction of sp³-hybridized carbons (Fsp3) is 0.625. The van der Waals surface area contributed by atoms with Crippen LogP contribution in [0.1, 0.15) is 19.8 Å². The van der Waals surface area contributed by atoms with Crippen molar-refractivity contribution in [2.75, 3.05) is 7.11 Å². The highest BCUT2D eigenvalue weighted by atomic mass is 32.1. The van der Waals surface area contributed by atoms with E-state index in [0.717, 1.165) is 17.7 Å². The molecule has 62 valence electrons. The number of nitrogens with zero attached hydrogens (tertiary/aromatic N) is 1. The van der Waals surface area contributed by atoms with Crippen molar-refractivity contribution in [2.24, 2.45) is 10.9 Å². The van der Waals surface area contributed by atoms with Gasteiger partial charge in [-0.2, -0.15) is 0 Å². The maximum atomic E-state index is 5.00. The average Bonchev–Trinajstić information content (AvgIpc) is 2.04. The molecule has 0 saturated heterocycles. The SMILES string of the molecule is CCC1C=NC(OC)=C(S)C1. The molecule has 0 fully saturated rings. The van der Waals surface area contributed by atoms with E-state index in [1.807, 2.05) is 6.21 Å². The van der Waals surface area contributed by atoms with E-state index in [0.29, 0.717) is 11.8 Å². The molecule has 0 radical (unpaired) electrons. The molecule has 3 heteroatoms. The molecule has 1 atom stereocenters. The second kappa shape index (κ2) is 3.81. The summed E-state index contributed by atoms with van der Waals surface area (Å²) in [6.07, 6.45) is 4.02. The zero-order chi connectivity index (χ0) is 8.27. The molecule has 1 unspecified atom stereocenters. The molecule has 1 aliphatic heterocycles. The van der Waals surface area contributed by atoms with Gasteiger partial charge >= 0.3 is 0 Å². The number of aliphatic imine (C=N–C) groups is 1. The molecule has 2 nitrogen and oxygen atoms in total. The van der Waals surface area contributed by atoms with Crippen LogP contribution in [0.4, 0.5) is 0 Å². The quantitative estimate of drug-likeness (QED) is 0.632. The number of ether oxygens (including phenoxy) is 1. The summed E-state index contributed by atoms with van der Waals surface area (Å²) in [5, 5.41) is 0. The number of rotatable bonds is 2. The van der Waals surface area contributed by atoms with Crippen LogP contribution in [-0.2, 0) is 4.74 Å². The van der Waals surface area contributed by atoms with Crippen LogP contribution in [-0.4, -0.2) is 13.3 Å². The van der Waals surface area contributed by atoms with Crippen LogP contribution in [0.25, 0.3) is 0 Å². The highest BCUT2D eigenvalue weighted by molar-refractivity contribution is 7.84. The molecule has 11 heavy (non-hydrogen) atoms. The standard InChI is InChI=1S/C8H13NOS/c1-3-6-4-7(11)8(10-2)9-5-6/h5-6,11H,3-4H2,1-2H3. The predicted octanol–water partition coefficient (Wildman–Crippen LogP) is 2.23. The van der Waals surface area contributed by atoms with Crippen molar-refractivity contribution in [1.29, 1.82) is 0 Å². The second-order valence-corrected chi connectivity index (χ2v) is 3.15. The Kier molecular flexibility index (Phi) is 3.00. The van der Waals surface area contributed by atoms with E-state index < -0.39 is 0 Å². The van der Waals surface area contributed by atoms with E-state index in [4.69, 9.17) is 4.74 Å². The zero-order valence-electron chi connectivity index (χ0n) is 6.87. The summed E-state index contributed by atoms with van der Waals surface area (Å²) in [7, 11) is 1.62. The lowest BCUT2D eigenvalue weighted by Crippen LogP contribution is -2.07. The Morgan fingerprint density at radius 1 is 1.82 bits per heavy atom. The molecule has 0 saturated carbocycles. The Bertz CT molecular complexity index is 198. The van der Waals surface area contributed by atoms with Gasteiger partial charge in [-0.1, -0.05) is 6.92 Å². The van der Waals surface area contributed by atoms with Crippen molar-refractivity contribution in [3.05, 3.63) is 10.8 Å². The van der Waals surface area contributed by atoms with Crippen LogP contribution in [0.3, 0.4) is 0 Å². The first kappa shape index (κ1) is 8.65. The van der Waals surface area contributed by atoms with Gasteiger partial charge in [-0.25, -0.2) is 4.99 Å². The fourth-order valence-corrected chi connectivity index (χ4v) is 1.44. The monoisotopic (exact) mass is 171 g/mol. The smallest absolute Gasteiger partial charge is 0.222 e. The molecule has 0 amide bonds. The first-order chi connectivity index (χ1) is 5.27. The lowest BCUT2D eigenvalue weighted by molar-refractivity contribution is 0.282. The van der Waals surface area contributed by atoms with Crippen LogP contribution >= 0.6 is 12.6 Å². The Hall–Kier alpha value is -0.440. The van der Waals surface area contributed by atoms with Crippen LogP contribution < -0.4 is 0 Å². The minimum atomic E-state index is 0.543. The maximum absolute atomic E-state index is 5.00. The summed E-state index contributed by atoms with van der Waals surface area (Å²) < 4.78 is 5.00. The van der Waals surface area contributed by atoms with E-state index in [1.54, 1.807) is 7.11 Å². The van der Waals surface area contributed by atoms with E-state index in [-0.39, 0.29) is 0 Å². The third kappa shape index (κ3) is 1.99. The highest BCUT2D eigenvalue weighted by Crippen LogP contribution is 2.25. The Morgan fingerprint density at radius 2 is 2.55 bits per heavy atom. The normalized spacial score (nSPS) is 24.1. The topological polar surface area (TPSA) is 21.6 Å². The summed E-state index contributed by atoms with van der Waals surface area (Å²) in [6, 6.07) is 0. The van der Waals surface area contributed by atoms with Crippen molar-refractivity contribution in [1.82, 2.24) is 0 Å². The number of thiol groups is 1.